The molecule has 0 aliphatic carbocycles. The summed E-state index contributed by atoms with van der Waals surface area (Å²) in [4.78, 5) is 13.6. The van der Waals surface area contributed by atoms with Crippen molar-refractivity contribution in [3.05, 3.63) is 17.8 Å². The predicted octanol–water partition coefficient (Wildman–Crippen LogP) is 0.569. The van der Waals surface area contributed by atoms with Crippen LogP contribution in [0.1, 0.15) is 26.5 Å². The van der Waals surface area contributed by atoms with E-state index in [1.54, 1.807) is 24.0 Å². The van der Waals surface area contributed by atoms with Crippen molar-refractivity contribution in [1.82, 2.24) is 15.1 Å². The molecule has 0 spiro atoms. The van der Waals surface area contributed by atoms with Gasteiger partial charge in [-0.05, 0) is 26.8 Å². The topological polar surface area (TPSA) is 81.3 Å². The van der Waals surface area contributed by atoms with Crippen molar-refractivity contribution >= 4 is 5.91 Å². The Labute approximate surface area is 107 Å². The van der Waals surface area contributed by atoms with Crippen LogP contribution < -0.4 is 10.5 Å². The number of hydrogen-bond acceptors (Lipinski definition) is 5. The number of ether oxygens (including phenoxy) is 1. The van der Waals surface area contributed by atoms with Crippen molar-refractivity contribution in [2.24, 2.45) is 5.73 Å². The second-order valence-electron chi connectivity index (χ2n) is 4.42. The smallest absolute Gasteiger partial charge is 0.239 e. The predicted molar refractivity (Wildman–Crippen MR) is 67.9 cm³/mol. The first-order chi connectivity index (χ1) is 8.45. The maximum absolute atomic E-state index is 11.9. The molecule has 18 heavy (non-hydrogen) atoms. The molecular formula is C12H20N4O2. The van der Waals surface area contributed by atoms with Gasteiger partial charge in [0.2, 0.25) is 11.8 Å². The Hall–Kier alpha value is -1.69. The van der Waals surface area contributed by atoms with Gasteiger partial charge in [-0.2, -0.15) is 5.10 Å². The molecular weight excluding hydrogens is 232 g/mol. The second kappa shape index (κ2) is 6.30. The van der Waals surface area contributed by atoms with E-state index < -0.39 is 6.04 Å². The van der Waals surface area contributed by atoms with Crippen LogP contribution in [0.15, 0.2) is 12.1 Å². The number of nitrogens with two attached hydrogens (primary N) is 1. The molecule has 1 rings (SSSR count). The number of carbonyl (C=O) groups is 1. The Kier molecular flexibility index (Phi) is 5.03. The van der Waals surface area contributed by atoms with Crippen molar-refractivity contribution in [2.75, 3.05) is 7.11 Å². The molecule has 0 saturated heterocycles. The summed E-state index contributed by atoms with van der Waals surface area (Å²) >= 11 is 0. The van der Waals surface area contributed by atoms with Gasteiger partial charge in [0.1, 0.15) is 0 Å². The van der Waals surface area contributed by atoms with Crippen molar-refractivity contribution in [3.8, 4) is 5.88 Å². The fraction of sp³-hybridized carbons (Fsp3) is 0.583. The highest BCUT2D eigenvalue weighted by molar-refractivity contribution is 5.81. The first kappa shape index (κ1) is 14.4. The van der Waals surface area contributed by atoms with Gasteiger partial charge in [-0.1, -0.05) is 0 Å². The number of hydrogen-bond donors (Lipinski definition) is 1. The first-order valence-corrected chi connectivity index (χ1v) is 5.88. The number of aromatic nitrogens is 2. The van der Waals surface area contributed by atoms with Gasteiger partial charge >= 0.3 is 0 Å². The third-order valence-corrected chi connectivity index (χ3v) is 2.53. The van der Waals surface area contributed by atoms with Crippen LogP contribution in [0, 0.1) is 0 Å². The molecule has 0 aromatic carbocycles. The molecule has 1 aromatic rings. The molecule has 2 N–H and O–H groups in total. The quantitative estimate of drug-likeness (QED) is 0.828. The zero-order chi connectivity index (χ0) is 13.7. The van der Waals surface area contributed by atoms with Crippen LogP contribution in [0.25, 0.3) is 0 Å². The highest BCUT2D eigenvalue weighted by Crippen LogP contribution is 2.09. The lowest BCUT2D eigenvalue weighted by molar-refractivity contribution is -0.134. The van der Waals surface area contributed by atoms with Gasteiger partial charge in [-0.25, -0.2) is 0 Å². The van der Waals surface area contributed by atoms with E-state index in [2.05, 4.69) is 10.2 Å². The van der Waals surface area contributed by atoms with Crippen LogP contribution in [0.2, 0.25) is 0 Å². The monoisotopic (exact) mass is 252 g/mol. The van der Waals surface area contributed by atoms with E-state index in [0.717, 1.165) is 0 Å². The summed E-state index contributed by atoms with van der Waals surface area (Å²) in [5.41, 5.74) is 6.33. The van der Waals surface area contributed by atoms with E-state index in [9.17, 15) is 4.79 Å². The second-order valence-corrected chi connectivity index (χ2v) is 4.42. The molecule has 100 valence electrons. The van der Waals surface area contributed by atoms with Gasteiger partial charge in [0.15, 0.2) is 0 Å². The molecule has 1 atom stereocenters. The third-order valence-electron chi connectivity index (χ3n) is 2.53. The highest BCUT2D eigenvalue weighted by Gasteiger charge is 2.20. The summed E-state index contributed by atoms with van der Waals surface area (Å²) in [6, 6.07) is 3.05. The van der Waals surface area contributed by atoms with Crippen molar-refractivity contribution in [1.29, 1.82) is 0 Å². The van der Waals surface area contributed by atoms with Crippen LogP contribution in [-0.4, -0.2) is 40.2 Å². The lowest BCUT2D eigenvalue weighted by Gasteiger charge is -2.27. The molecule has 0 fully saturated rings. The van der Waals surface area contributed by atoms with Gasteiger partial charge in [0, 0.05) is 12.1 Å². The highest BCUT2D eigenvalue weighted by atomic mass is 16.5. The molecule has 1 aromatic heterocycles. The van der Waals surface area contributed by atoms with Gasteiger partial charge in [-0.3, -0.25) is 4.79 Å². The fourth-order valence-corrected chi connectivity index (χ4v) is 1.49. The zero-order valence-electron chi connectivity index (χ0n) is 11.3. The van der Waals surface area contributed by atoms with E-state index in [1.165, 1.54) is 7.11 Å². The summed E-state index contributed by atoms with van der Waals surface area (Å²) in [6.07, 6.45) is 0. The molecule has 0 aliphatic heterocycles. The fourth-order valence-electron chi connectivity index (χ4n) is 1.49. The number of amides is 1. The summed E-state index contributed by atoms with van der Waals surface area (Å²) in [5.74, 6) is 0.357. The Morgan fingerprint density at radius 2 is 2.06 bits per heavy atom. The SMILES string of the molecule is COc1ccc(CN(C(=O)[C@H](C)N)C(C)C)nn1. The number of methoxy groups -OCH3 is 1. The summed E-state index contributed by atoms with van der Waals surface area (Å²) in [6.45, 7) is 5.96. The molecule has 0 aliphatic rings. The van der Waals surface area contributed by atoms with Crippen molar-refractivity contribution < 1.29 is 9.53 Å². The number of rotatable bonds is 5. The Morgan fingerprint density at radius 1 is 1.39 bits per heavy atom. The Bertz CT molecular complexity index is 390. The van der Waals surface area contributed by atoms with E-state index >= 15 is 0 Å². The number of nitrogens with zero attached hydrogens (tertiary/aromatic N) is 3. The third kappa shape index (κ3) is 3.66. The minimum Gasteiger partial charge on any atom is -0.480 e. The molecule has 1 heterocycles. The average molecular weight is 252 g/mol. The van der Waals surface area contributed by atoms with E-state index in [4.69, 9.17) is 10.5 Å². The largest absolute Gasteiger partial charge is 0.480 e. The molecule has 0 saturated carbocycles. The maximum Gasteiger partial charge on any atom is 0.239 e. The Balaban J connectivity index is 2.80. The van der Waals surface area contributed by atoms with Crippen molar-refractivity contribution in [2.45, 2.75) is 39.4 Å². The summed E-state index contributed by atoms with van der Waals surface area (Å²) < 4.78 is 4.93. The van der Waals surface area contributed by atoms with Crippen LogP contribution in [0.3, 0.4) is 0 Å². The first-order valence-electron chi connectivity index (χ1n) is 5.88. The van der Waals surface area contributed by atoms with Gasteiger partial charge < -0.3 is 15.4 Å². The lowest BCUT2D eigenvalue weighted by Crippen LogP contribution is -2.45. The van der Waals surface area contributed by atoms with E-state index in [0.29, 0.717) is 18.1 Å². The minimum atomic E-state index is -0.515. The van der Waals surface area contributed by atoms with Gasteiger partial charge in [-0.15, -0.1) is 5.10 Å². The molecule has 0 unspecified atom stereocenters. The standard InChI is InChI=1S/C12H20N4O2/c1-8(2)16(12(17)9(3)13)7-10-5-6-11(18-4)15-14-10/h5-6,8-9H,7,13H2,1-4H3/t9-/m0/s1. The van der Waals surface area contributed by atoms with E-state index in [1.807, 2.05) is 13.8 Å². The average Bonchev–Trinajstić information content (AvgIpc) is 2.35. The normalized spacial score (nSPS) is 12.3. The zero-order valence-corrected chi connectivity index (χ0v) is 11.3. The van der Waals surface area contributed by atoms with Crippen LogP contribution in [0.5, 0.6) is 5.88 Å². The molecule has 6 nitrogen and oxygen atoms in total. The van der Waals surface area contributed by atoms with Crippen LogP contribution in [-0.2, 0) is 11.3 Å². The maximum atomic E-state index is 11.9. The lowest BCUT2D eigenvalue weighted by atomic mass is 10.2. The van der Waals surface area contributed by atoms with E-state index in [-0.39, 0.29) is 11.9 Å². The molecule has 6 heteroatoms. The molecule has 0 radical (unpaired) electrons. The molecule has 0 bridgehead atoms. The summed E-state index contributed by atoms with van der Waals surface area (Å²) in [5, 5.41) is 7.88. The van der Waals surface area contributed by atoms with Crippen LogP contribution >= 0.6 is 0 Å². The summed E-state index contributed by atoms with van der Waals surface area (Å²) in [7, 11) is 1.53. The number of carbonyl (C=O) groups excluding carboxylic acids is 1. The van der Waals surface area contributed by atoms with Crippen LogP contribution in [0.4, 0.5) is 0 Å². The Morgan fingerprint density at radius 3 is 2.44 bits per heavy atom. The van der Waals surface area contributed by atoms with Gasteiger partial charge in [0.05, 0.1) is 25.4 Å². The van der Waals surface area contributed by atoms with Gasteiger partial charge in [0.25, 0.3) is 0 Å². The minimum absolute atomic E-state index is 0.0624. The van der Waals surface area contributed by atoms with Crippen molar-refractivity contribution in [3.63, 3.8) is 0 Å². The molecule has 1 amide bonds.